The van der Waals surface area contributed by atoms with Crippen LogP contribution in [0.5, 0.6) is 5.75 Å². The van der Waals surface area contributed by atoms with Gasteiger partial charge in [0.2, 0.25) is 0 Å². The Morgan fingerprint density at radius 1 is 1.12 bits per heavy atom. The molecule has 0 radical (unpaired) electrons. The van der Waals surface area contributed by atoms with Gasteiger partial charge in [0.05, 0.1) is 17.3 Å². The fraction of sp³-hybridized carbons (Fsp3) is 0.263. The van der Waals surface area contributed by atoms with Gasteiger partial charge in [0.15, 0.2) is 0 Å². The Balaban J connectivity index is 1.73. The van der Waals surface area contributed by atoms with Gasteiger partial charge in [0.25, 0.3) is 5.91 Å². The molecule has 3 aromatic rings. The van der Waals surface area contributed by atoms with Gasteiger partial charge in [-0.25, -0.2) is 0 Å². The molecular formula is C19H22N4O2. The molecule has 130 valence electrons. The Morgan fingerprint density at radius 3 is 2.60 bits per heavy atom. The van der Waals surface area contributed by atoms with E-state index in [4.69, 9.17) is 4.74 Å². The van der Waals surface area contributed by atoms with E-state index in [-0.39, 0.29) is 5.91 Å². The van der Waals surface area contributed by atoms with Crippen LogP contribution in [0.2, 0.25) is 0 Å². The summed E-state index contributed by atoms with van der Waals surface area (Å²) in [6, 6.07) is 13.1. The summed E-state index contributed by atoms with van der Waals surface area (Å²) >= 11 is 0. The van der Waals surface area contributed by atoms with Gasteiger partial charge in [-0.15, -0.1) is 0 Å². The number of rotatable bonds is 6. The molecule has 0 saturated carbocycles. The molecule has 0 unspecified atom stereocenters. The number of hydrogen-bond acceptors (Lipinski definition) is 4. The molecule has 6 nitrogen and oxygen atoms in total. The molecule has 0 bridgehead atoms. The summed E-state index contributed by atoms with van der Waals surface area (Å²) < 4.78 is 5.69. The zero-order valence-corrected chi connectivity index (χ0v) is 14.7. The van der Waals surface area contributed by atoms with Crippen molar-refractivity contribution in [3.8, 4) is 5.75 Å². The minimum atomic E-state index is -0.0869. The van der Waals surface area contributed by atoms with Crippen LogP contribution in [0.15, 0.2) is 48.7 Å². The smallest absolute Gasteiger partial charge is 0.260 e. The monoisotopic (exact) mass is 338 g/mol. The summed E-state index contributed by atoms with van der Waals surface area (Å²) in [5, 5.41) is 7.83. The molecule has 0 aliphatic heterocycles. The third kappa shape index (κ3) is 3.80. The molecule has 0 aliphatic rings. The van der Waals surface area contributed by atoms with Crippen molar-refractivity contribution in [3.05, 3.63) is 54.2 Å². The molecule has 0 atom stereocenters. The first-order valence-corrected chi connectivity index (χ1v) is 8.14. The van der Waals surface area contributed by atoms with Crippen LogP contribution in [-0.4, -0.2) is 55.3 Å². The number of likely N-dealkylation sites (N-methyl/N-ethyl adjacent to an activating group) is 1. The number of para-hydroxylation sites is 1. The van der Waals surface area contributed by atoms with Gasteiger partial charge in [-0.1, -0.05) is 12.1 Å². The number of benzene rings is 2. The number of hydrogen-bond donors (Lipinski definition) is 1. The lowest BCUT2D eigenvalue weighted by Crippen LogP contribution is -2.26. The van der Waals surface area contributed by atoms with E-state index in [0.717, 1.165) is 28.9 Å². The summed E-state index contributed by atoms with van der Waals surface area (Å²) in [6.07, 6.45) is 1.71. The minimum absolute atomic E-state index is 0.0869. The highest BCUT2D eigenvalue weighted by molar-refractivity contribution is 6.12. The SMILES string of the molecule is CN(C)CCOc1ccc(N(C)C(=O)c2cccc3cn[nH]c23)cc1. The number of fused-ring (bicyclic) bond motifs is 1. The van der Waals surface area contributed by atoms with E-state index >= 15 is 0 Å². The Morgan fingerprint density at radius 2 is 1.88 bits per heavy atom. The topological polar surface area (TPSA) is 61.5 Å². The van der Waals surface area contributed by atoms with Crippen molar-refractivity contribution in [2.24, 2.45) is 0 Å². The molecule has 2 aromatic carbocycles. The van der Waals surface area contributed by atoms with Crippen LogP contribution in [0.25, 0.3) is 10.9 Å². The van der Waals surface area contributed by atoms with Gasteiger partial charge in [-0.3, -0.25) is 9.89 Å². The number of aromatic amines is 1. The molecule has 0 spiro atoms. The lowest BCUT2D eigenvalue weighted by molar-refractivity contribution is 0.0994. The minimum Gasteiger partial charge on any atom is -0.492 e. The van der Waals surface area contributed by atoms with E-state index in [1.165, 1.54) is 0 Å². The van der Waals surface area contributed by atoms with Gasteiger partial charge in [0, 0.05) is 24.7 Å². The summed E-state index contributed by atoms with van der Waals surface area (Å²) in [6.45, 7) is 1.48. The second kappa shape index (κ2) is 7.36. The van der Waals surface area contributed by atoms with Gasteiger partial charge < -0.3 is 14.5 Å². The van der Waals surface area contributed by atoms with Crippen molar-refractivity contribution >= 4 is 22.5 Å². The average molecular weight is 338 g/mol. The number of H-pyrrole nitrogens is 1. The molecule has 3 rings (SSSR count). The van der Waals surface area contributed by atoms with E-state index in [1.807, 2.05) is 50.5 Å². The highest BCUT2D eigenvalue weighted by Gasteiger charge is 2.17. The van der Waals surface area contributed by atoms with E-state index in [0.29, 0.717) is 12.2 Å². The van der Waals surface area contributed by atoms with Crippen LogP contribution >= 0.6 is 0 Å². The Kier molecular flexibility index (Phi) is 5.00. The standard InChI is InChI=1S/C19H22N4O2/c1-22(2)11-12-25-16-9-7-15(8-10-16)23(3)19(24)17-6-4-5-14-13-20-21-18(14)17/h4-10,13H,11-12H2,1-3H3,(H,20,21). The van der Waals surface area contributed by atoms with E-state index in [2.05, 4.69) is 15.1 Å². The van der Waals surface area contributed by atoms with Crippen molar-refractivity contribution in [2.45, 2.75) is 0 Å². The number of nitrogens with zero attached hydrogens (tertiary/aromatic N) is 3. The average Bonchev–Trinajstić information content (AvgIpc) is 3.09. The second-order valence-corrected chi connectivity index (χ2v) is 6.15. The number of carbonyl (C=O) groups excluding carboxylic acids is 1. The number of ether oxygens (including phenoxy) is 1. The maximum atomic E-state index is 12.8. The van der Waals surface area contributed by atoms with Crippen molar-refractivity contribution < 1.29 is 9.53 Å². The first kappa shape index (κ1) is 17.0. The molecule has 1 amide bonds. The third-order valence-electron chi connectivity index (χ3n) is 4.04. The Hall–Kier alpha value is -2.86. The van der Waals surface area contributed by atoms with Crippen LogP contribution in [0.3, 0.4) is 0 Å². The van der Waals surface area contributed by atoms with E-state index in [1.54, 1.807) is 24.2 Å². The maximum absolute atomic E-state index is 12.8. The number of anilines is 1. The maximum Gasteiger partial charge on any atom is 0.260 e. The number of nitrogens with one attached hydrogen (secondary N) is 1. The molecule has 1 aromatic heterocycles. The zero-order chi connectivity index (χ0) is 17.8. The second-order valence-electron chi connectivity index (χ2n) is 6.15. The van der Waals surface area contributed by atoms with E-state index in [9.17, 15) is 4.79 Å². The van der Waals surface area contributed by atoms with Crippen molar-refractivity contribution in [1.82, 2.24) is 15.1 Å². The summed E-state index contributed by atoms with van der Waals surface area (Å²) in [7, 11) is 5.78. The molecule has 1 heterocycles. The van der Waals surface area contributed by atoms with Gasteiger partial charge in [-0.2, -0.15) is 5.10 Å². The predicted octanol–water partition coefficient (Wildman–Crippen LogP) is 2.78. The van der Waals surface area contributed by atoms with Crippen LogP contribution in [-0.2, 0) is 0 Å². The van der Waals surface area contributed by atoms with Gasteiger partial charge in [-0.05, 0) is 44.4 Å². The van der Waals surface area contributed by atoms with E-state index < -0.39 is 0 Å². The van der Waals surface area contributed by atoms with Crippen LogP contribution in [0, 0.1) is 0 Å². The molecule has 1 N–H and O–H groups in total. The first-order valence-electron chi connectivity index (χ1n) is 8.14. The summed E-state index contributed by atoms with van der Waals surface area (Å²) in [5.41, 5.74) is 2.16. The van der Waals surface area contributed by atoms with Crippen LogP contribution < -0.4 is 9.64 Å². The highest BCUT2D eigenvalue weighted by atomic mass is 16.5. The van der Waals surface area contributed by atoms with Crippen molar-refractivity contribution in [1.29, 1.82) is 0 Å². The van der Waals surface area contributed by atoms with Crippen molar-refractivity contribution in [3.63, 3.8) is 0 Å². The Labute approximate surface area is 147 Å². The predicted molar refractivity (Wildman–Crippen MR) is 99.3 cm³/mol. The molecule has 25 heavy (non-hydrogen) atoms. The number of carbonyl (C=O) groups is 1. The number of amides is 1. The molecular weight excluding hydrogens is 316 g/mol. The molecule has 6 heteroatoms. The molecule has 0 aliphatic carbocycles. The third-order valence-corrected chi connectivity index (χ3v) is 4.04. The summed E-state index contributed by atoms with van der Waals surface area (Å²) in [4.78, 5) is 16.5. The van der Waals surface area contributed by atoms with Crippen LogP contribution in [0.1, 0.15) is 10.4 Å². The van der Waals surface area contributed by atoms with Crippen molar-refractivity contribution in [2.75, 3.05) is 39.2 Å². The largest absolute Gasteiger partial charge is 0.492 e. The Bertz CT molecular complexity index is 855. The van der Waals surface area contributed by atoms with Crippen LogP contribution in [0.4, 0.5) is 5.69 Å². The number of aromatic nitrogens is 2. The van der Waals surface area contributed by atoms with Gasteiger partial charge >= 0.3 is 0 Å². The van der Waals surface area contributed by atoms with Gasteiger partial charge in [0.1, 0.15) is 12.4 Å². The molecule has 0 fully saturated rings. The highest BCUT2D eigenvalue weighted by Crippen LogP contribution is 2.22. The quantitative estimate of drug-likeness (QED) is 0.751. The summed E-state index contributed by atoms with van der Waals surface area (Å²) in [5.74, 6) is 0.707. The lowest BCUT2D eigenvalue weighted by Gasteiger charge is -2.18. The lowest BCUT2D eigenvalue weighted by atomic mass is 10.1. The first-order chi connectivity index (χ1) is 12.1. The zero-order valence-electron chi connectivity index (χ0n) is 14.7. The fourth-order valence-electron chi connectivity index (χ4n) is 2.56. The molecule has 0 saturated heterocycles. The fourth-order valence-corrected chi connectivity index (χ4v) is 2.56. The normalized spacial score (nSPS) is 11.0.